The van der Waals surface area contributed by atoms with Gasteiger partial charge in [0, 0.05) is 0 Å². The number of rotatable bonds is 0. The van der Waals surface area contributed by atoms with Crippen LogP contribution in [0, 0.1) is 0 Å². The zero-order valence-electron chi connectivity index (χ0n) is 4.12. The van der Waals surface area contributed by atoms with Gasteiger partial charge in [0.2, 0.25) is 0 Å². The van der Waals surface area contributed by atoms with Gasteiger partial charge in [-0.3, -0.25) is 0 Å². The number of halogens is 1. The maximum Gasteiger partial charge on any atom is 2.00 e. The summed E-state index contributed by atoms with van der Waals surface area (Å²) in [6, 6.07) is 0. The summed E-state index contributed by atoms with van der Waals surface area (Å²) in [5.41, 5.74) is 0. The van der Waals surface area contributed by atoms with Crippen molar-refractivity contribution in [1.29, 1.82) is 0 Å². The molecule has 0 atom stereocenters. The van der Waals surface area contributed by atoms with Gasteiger partial charge in [0.25, 0.3) is 0 Å². The fraction of sp³-hybridized carbons (Fsp3) is 0. The largest absolute Gasteiger partial charge is 2.00 e. The summed E-state index contributed by atoms with van der Waals surface area (Å²) in [5, 5.41) is 0. The Morgan fingerprint density at radius 1 is 1.00 bits per heavy atom. The third-order valence-corrected chi connectivity index (χ3v) is 0. The van der Waals surface area contributed by atoms with Crippen molar-refractivity contribution in [3.8, 4) is 0 Å². The van der Waals surface area contributed by atoms with Crippen molar-refractivity contribution >= 4 is 57.9 Å². The van der Waals surface area contributed by atoms with Gasteiger partial charge in [0.1, 0.15) is 0 Å². The zero-order valence-corrected chi connectivity index (χ0v) is 6.41. The minimum atomic E-state index is 0. The predicted molar refractivity (Wildman–Crippen MR) is 22.5 cm³/mol. The molecule has 4 heavy (non-hydrogen) atoms. The Hall–Kier alpha value is 1.69. The van der Waals surface area contributed by atoms with Crippen LogP contribution >= 0.6 is 12.4 Å². The first-order valence-electron chi connectivity index (χ1n) is 0. The van der Waals surface area contributed by atoms with Crippen molar-refractivity contribution in [2.45, 2.75) is 0 Å². The third kappa shape index (κ3) is 9.35. The van der Waals surface area contributed by atoms with E-state index >= 15 is 0 Å². The van der Waals surface area contributed by atoms with Gasteiger partial charge in [-0.25, -0.2) is 0 Å². The molecule has 0 aromatic rings. The molecule has 0 saturated heterocycles. The summed E-state index contributed by atoms with van der Waals surface area (Å²) in [6.45, 7) is 0. The third-order valence-electron chi connectivity index (χ3n) is 0. The fourth-order valence-corrected chi connectivity index (χ4v) is 0. The molecule has 4 N–H and O–H groups in total. The molecule has 0 aliphatic heterocycles. The van der Waals surface area contributed by atoms with E-state index in [0.717, 1.165) is 0 Å². The summed E-state index contributed by atoms with van der Waals surface area (Å²) >= 11 is 0. The molecule has 28 valence electrons. The Balaban J connectivity index is 0. The summed E-state index contributed by atoms with van der Waals surface area (Å²) in [6.07, 6.45) is 0. The Kier molecular flexibility index (Phi) is 245. The molecule has 0 heterocycles. The average Bonchev–Trinajstić information content (AvgIpc) is 0. The van der Waals surface area contributed by atoms with Crippen LogP contribution in [0.5, 0.6) is 0 Å². The van der Waals surface area contributed by atoms with Crippen LogP contribution in [0.2, 0.25) is 0 Å². The van der Waals surface area contributed by atoms with Gasteiger partial charge in [0.05, 0.1) is 0 Å². The molecule has 2 nitrogen and oxygen atoms in total. The van der Waals surface area contributed by atoms with Crippen LogP contribution in [-0.2, 0) is 0 Å². The Morgan fingerprint density at radius 2 is 1.00 bits per heavy atom. The van der Waals surface area contributed by atoms with Gasteiger partial charge < -0.3 is 13.8 Å². The van der Waals surface area contributed by atoms with Crippen molar-refractivity contribution in [3.05, 3.63) is 0 Å². The predicted octanol–water partition coefficient (Wildman–Crippen LogP) is -1.38. The molecule has 4 heteroatoms. The van der Waals surface area contributed by atoms with E-state index in [4.69, 9.17) is 0 Å². The zero-order chi connectivity index (χ0) is 0. The van der Waals surface area contributed by atoms with Crippen molar-refractivity contribution in [1.82, 2.24) is 0 Å². The molecule has 0 amide bonds. The molecule has 0 unspecified atom stereocenters. The first kappa shape index (κ1) is 43.8. The monoisotopic (exact) mass is 162 g/mol. The van der Waals surface area contributed by atoms with Gasteiger partial charge in [-0.2, -0.15) is 0 Å². The summed E-state index contributed by atoms with van der Waals surface area (Å²) in [4.78, 5) is 0. The SMILES string of the molecule is Cl.O.O.[H-].[H-].[Sr+2]. The normalized spacial score (nSPS) is 0. The quantitative estimate of drug-likeness (QED) is 0.394. The summed E-state index contributed by atoms with van der Waals surface area (Å²) in [5.74, 6) is 0. The maximum absolute atomic E-state index is 0. The second-order valence-corrected chi connectivity index (χ2v) is 0. The molecule has 0 rings (SSSR count). The van der Waals surface area contributed by atoms with Crippen molar-refractivity contribution in [2.24, 2.45) is 0 Å². The molecule has 0 aromatic carbocycles. The molecule has 0 bridgehead atoms. The van der Waals surface area contributed by atoms with Crippen LogP contribution in [0.4, 0.5) is 0 Å². The molecule has 0 spiro atoms. The van der Waals surface area contributed by atoms with E-state index in [1.165, 1.54) is 0 Å². The minimum absolute atomic E-state index is 0. The molecular formula is H7ClO2Sr. The van der Waals surface area contributed by atoms with Crippen molar-refractivity contribution < 1.29 is 13.8 Å². The molecule has 0 aliphatic rings. The van der Waals surface area contributed by atoms with E-state index in [1.54, 1.807) is 0 Å². The molecule has 0 radical (unpaired) electrons. The summed E-state index contributed by atoms with van der Waals surface area (Å²) < 4.78 is 0. The number of hydrogen-bond donors (Lipinski definition) is 0. The van der Waals surface area contributed by atoms with E-state index in [9.17, 15) is 0 Å². The molecule has 0 aromatic heterocycles. The number of hydrogen-bond acceptors (Lipinski definition) is 0. The van der Waals surface area contributed by atoms with Gasteiger partial charge in [0.15, 0.2) is 0 Å². The van der Waals surface area contributed by atoms with Crippen LogP contribution in [0.3, 0.4) is 0 Å². The molecular weight excluding hydrogens is 155 g/mol. The van der Waals surface area contributed by atoms with Gasteiger partial charge in [-0.05, 0) is 0 Å². The smallest absolute Gasteiger partial charge is 1.00 e. The van der Waals surface area contributed by atoms with E-state index in [1.807, 2.05) is 0 Å². The maximum atomic E-state index is 0. The Bertz CT molecular complexity index is 11.5. The second-order valence-electron chi connectivity index (χ2n) is 0. The van der Waals surface area contributed by atoms with E-state index < -0.39 is 0 Å². The first-order chi connectivity index (χ1) is 0. The standard InChI is InChI=1S/ClH.2H2O.Sr.2H/h1H;2*1H2;;;/q;;;+2;2*-1. The first-order valence-corrected chi connectivity index (χ1v) is 0. The van der Waals surface area contributed by atoms with Crippen LogP contribution < -0.4 is 0 Å². The van der Waals surface area contributed by atoms with Crippen molar-refractivity contribution in [3.63, 3.8) is 0 Å². The fourth-order valence-electron chi connectivity index (χ4n) is 0. The minimum Gasteiger partial charge on any atom is -1.00 e. The Morgan fingerprint density at radius 3 is 1.00 bits per heavy atom. The van der Waals surface area contributed by atoms with Crippen LogP contribution in [-0.4, -0.2) is 56.4 Å². The van der Waals surface area contributed by atoms with Gasteiger partial charge >= 0.3 is 45.5 Å². The second kappa shape index (κ2) is 22.4. The van der Waals surface area contributed by atoms with Crippen LogP contribution in [0.15, 0.2) is 0 Å². The van der Waals surface area contributed by atoms with Gasteiger partial charge in [-0.1, -0.05) is 0 Å². The Labute approximate surface area is 70.8 Å². The average molecular weight is 162 g/mol. The van der Waals surface area contributed by atoms with Gasteiger partial charge in [-0.15, -0.1) is 12.4 Å². The van der Waals surface area contributed by atoms with E-state index in [2.05, 4.69) is 0 Å². The van der Waals surface area contributed by atoms with E-state index in [-0.39, 0.29) is 71.7 Å². The molecule has 0 aliphatic carbocycles. The van der Waals surface area contributed by atoms with Crippen LogP contribution in [0.1, 0.15) is 2.85 Å². The molecule has 0 saturated carbocycles. The topological polar surface area (TPSA) is 63.0 Å². The molecule has 0 fully saturated rings. The van der Waals surface area contributed by atoms with Crippen molar-refractivity contribution in [2.75, 3.05) is 0 Å². The van der Waals surface area contributed by atoms with Crippen LogP contribution in [0.25, 0.3) is 0 Å². The van der Waals surface area contributed by atoms with E-state index in [0.29, 0.717) is 0 Å². The summed E-state index contributed by atoms with van der Waals surface area (Å²) in [7, 11) is 0.